The molecule has 1 fully saturated rings. The Morgan fingerprint density at radius 1 is 1.39 bits per heavy atom. The summed E-state index contributed by atoms with van der Waals surface area (Å²) in [4.78, 5) is 11.2. The number of likely N-dealkylation sites (N-methyl/N-ethyl adjacent to an activating group) is 1. The van der Waals surface area contributed by atoms with Crippen LogP contribution in [0, 0.1) is 5.92 Å². The third kappa shape index (κ3) is 3.74. The Hall–Kier alpha value is -1.55. The predicted molar refractivity (Wildman–Crippen MR) is 71.6 cm³/mol. The lowest BCUT2D eigenvalue weighted by Crippen LogP contribution is -2.19. The zero-order valence-corrected chi connectivity index (χ0v) is 10.7. The molecule has 0 bridgehead atoms. The van der Waals surface area contributed by atoms with Gasteiger partial charge in [0.15, 0.2) is 0 Å². The fraction of sp³-hybridized carbons (Fsp3) is 0.500. The number of nitrogens with one attached hydrogen (secondary N) is 2. The molecule has 4 heteroatoms. The minimum absolute atomic E-state index is 0.0406. The molecule has 1 amide bonds. The van der Waals surface area contributed by atoms with Crippen molar-refractivity contribution >= 4 is 11.6 Å². The number of benzene rings is 1. The summed E-state index contributed by atoms with van der Waals surface area (Å²) in [6.07, 6.45) is 1.58. The van der Waals surface area contributed by atoms with Gasteiger partial charge in [-0.05, 0) is 24.1 Å². The van der Waals surface area contributed by atoms with Crippen LogP contribution in [0.15, 0.2) is 24.3 Å². The van der Waals surface area contributed by atoms with Crippen molar-refractivity contribution in [3.63, 3.8) is 0 Å². The van der Waals surface area contributed by atoms with Gasteiger partial charge in [0, 0.05) is 31.8 Å². The lowest BCUT2D eigenvalue weighted by atomic mass is 10.1. The van der Waals surface area contributed by atoms with Crippen molar-refractivity contribution in [2.24, 2.45) is 5.92 Å². The Morgan fingerprint density at radius 3 is 2.78 bits per heavy atom. The van der Waals surface area contributed by atoms with Crippen molar-refractivity contribution in [1.82, 2.24) is 5.32 Å². The van der Waals surface area contributed by atoms with Gasteiger partial charge in [-0.15, -0.1) is 0 Å². The summed E-state index contributed by atoms with van der Waals surface area (Å²) in [5, 5.41) is 6.02. The fourth-order valence-electron chi connectivity index (χ4n) is 2.02. The SMILES string of the molecule is CNC(=O)Cc1ccc(NCC2CCOC2)cc1. The summed E-state index contributed by atoms with van der Waals surface area (Å²) in [5.41, 5.74) is 2.13. The molecule has 1 unspecified atom stereocenters. The lowest BCUT2D eigenvalue weighted by molar-refractivity contribution is -0.119. The molecule has 1 aromatic rings. The molecule has 18 heavy (non-hydrogen) atoms. The molecule has 1 aliphatic rings. The first kappa shape index (κ1) is 12.9. The van der Waals surface area contributed by atoms with Crippen molar-refractivity contribution in [3.05, 3.63) is 29.8 Å². The molecule has 0 spiro atoms. The number of carbonyl (C=O) groups excluding carboxylic acids is 1. The van der Waals surface area contributed by atoms with Crippen LogP contribution in [0.2, 0.25) is 0 Å². The van der Waals surface area contributed by atoms with Gasteiger partial charge < -0.3 is 15.4 Å². The van der Waals surface area contributed by atoms with Crippen LogP contribution in [0.25, 0.3) is 0 Å². The first-order valence-corrected chi connectivity index (χ1v) is 6.39. The maximum absolute atomic E-state index is 11.2. The largest absolute Gasteiger partial charge is 0.385 e. The molecular formula is C14H20N2O2. The van der Waals surface area contributed by atoms with Gasteiger partial charge in [-0.2, -0.15) is 0 Å². The summed E-state index contributed by atoms with van der Waals surface area (Å²) in [6, 6.07) is 8.02. The summed E-state index contributed by atoms with van der Waals surface area (Å²) in [6.45, 7) is 2.70. The Labute approximate surface area is 108 Å². The van der Waals surface area contributed by atoms with Crippen LogP contribution in [0.3, 0.4) is 0 Å². The van der Waals surface area contributed by atoms with Crippen LogP contribution in [0.1, 0.15) is 12.0 Å². The van der Waals surface area contributed by atoms with E-state index in [-0.39, 0.29) is 5.91 Å². The molecule has 1 aromatic carbocycles. The fourth-order valence-corrected chi connectivity index (χ4v) is 2.02. The minimum atomic E-state index is 0.0406. The molecule has 98 valence electrons. The first-order chi connectivity index (χ1) is 8.78. The Kier molecular flexibility index (Phi) is 4.59. The van der Waals surface area contributed by atoms with Gasteiger partial charge in [0.05, 0.1) is 13.0 Å². The zero-order chi connectivity index (χ0) is 12.8. The normalized spacial score (nSPS) is 18.6. The van der Waals surface area contributed by atoms with Crippen molar-refractivity contribution < 1.29 is 9.53 Å². The second-order valence-electron chi connectivity index (χ2n) is 4.66. The van der Waals surface area contributed by atoms with Gasteiger partial charge >= 0.3 is 0 Å². The van der Waals surface area contributed by atoms with Crippen LogP contribution in [-0.4, -0.2) is 32.7 Å². The van der Waals surface area contributed by atoms with E-state index in [4.69, 9.17) is 4.74 Å². The average Bonchev–Trinajstić information content (AvgIpc) is 2.91. The first-order valence-electron chi connectivity index (χ1n) is 6.39. The van der Waals surface area contributed by atoms with E-state index in [0.29, 0.717) is 12.3 Å². The molecule has 1 aliphatic heterocycles. The van der Waals surface area contributed by atoms with E-state index >= 15 is 0 Å². The van der Waals surface area contributed by atoms with Gasteiger partial charge in [0.1, 0.15) is 0 Å². The third-order valence-corrected chi connectivity index (χ3v) is 3.22. The number of carbonyl (C=O) groups is 1. The van der Waals surface area contributed by atoms with E-state index < -0.39 is 0 Å². The van der Waals surface area contributed by atoms with Gasteiger partial charge in [-0.25, -0.2) is 0 Å². The maximum Gasteiger partial charge on any atom is 0.224 e. The molecule has 1 saturated heterocycles. The highest BCUT2D eigenvalue weighted by Crippen LogP contribution is 2.15. The quantitative estimate of drug-likeness (QED) is 0.828. The van der Waals surface area contributed by atoms with E-state index in [0.717, 1.165) is 37.4 Å². The average molecular weight is 248 g/mol. The summed E-state index contributed by atoms with van der Waals surface area (Å²) in [7, 11) is 1.65. The van der Waals surface area contributed by atoms with Crippen LogP contribution in [0.5, 0.6) is 0 Å². The third-order valence-electron chi connectivity index (χ3n) is 3.22. The monoisotopic (exact) mass is 248 g/mol. The smallest absolute Gasteiger partial charge is 0.224 e. The molecule has 1 atom stereocenters. The second-order valence-corrected chi connectivity index (χ2v) is 4.66. The van der Waals surface area contributed by atoms with Gasteiger partial charge in [-0.1, -0.05) is 12.1 Å². The molecule has 0 saturated carbocycles. The van der Waals surface area contributed by atoms with E-state index in [1.165, 1.54) is 0 Å². The highest BCUT2D eigenvalue weighted by molar-refractivity contribution is 5.78. The number of hydrogen-bond donors (Lipinski definition) is 2. The van der Waals surface area contributed by atoms with E-state index in [9.17, 15) is 4.79 Å². The number of hydrogen-bond acceptors (Lipinski definition) is 3. The Balaban J connectivity index is 1.81. The zero-order valence-electron chi connectivity index (χ0n) is 10.7. The Bertz CT molecular complexity index is 383. The molecule has 1 heterocycles. The maximum atomic E-state index is 11.2. The van der Waals surface area contributed by atoms with Crippen LogP contribution in [-0.2, 0) is 16.0 Å². The van der Waals surface area contributed by atoms with Gasteiger partial charge in [-0.3, -0.25) is 4.79 Å². The van der Waals surface area contributed by atoms with Crippen molar-refractivity contribution in [2.45, 2.75) is 12.8 Å². The number of anilines is 1. The Morgan fingerprint density at radius 2 is 2.17 bits per heavy atom. The molecule has 4 nitrogen and oxygen atoms in total. The lowest BCUT2D eigenvalue weighted by Gasteiger charge is -2.11. The van der Waals surface area contributed by atoms with Crippen molar-refractivity contribution in [3.8, 4) is 0 Å². The van der Waals surface area contributed by atoms with E-state index in [1.54, 1.807) is 7.05 Å². The topological polar surface area (TPSA) is 50.4 Å². The molecule has 2 rings (SSSR count). The molecule has 0 aliphatic carbocycles. The summed E-state index contributed by atoms with van der Waals surface area (Å²) >= 11 is 0. The van der Waals surface area contributed by atoms with Crippen LogP contribution < -0.4 is 10.6 Å². The van der Waals surface area contributed by atoms with Gasteiger partial charge in [0.2, 0.25) is 5.91 Å². The molecular weight excluding hydrogens is 228 g/mol. The van der Waals surface area contributed by atoms with Crippen LogP contribution >= 0.6 is 0 Å². The van der Waals surface area contributed by atoms with Crippen LogP contribution in [0.4, 0.5) is 5.69 Å². The predicted octanol–water partition coefficient (Wildman–Crippen LogP) is 1.42. The number of ether oxygens (including phenoxy) is 1. The highest BCUT2D eigenvalue weighted by atomic mass is 16.5. The van der Waals surface area contributed by atoms with Crippen molar-refractivity contribution in [1.29, 1.82) is 0 Å². The van der Waals surface area contributed by atoms with E-state index in [2.05, 4.69) is 10.6 Å². The molecule has 0 aromatic heterocycles. The van der Waals surface area contributed by atoms with E-state index in [1.807, 2.05) is 24.3 Å². The molecule has 2 N–H and O–H groups in total. The summed E-state index contributed by atoms with van der Waals surface area (Å²) in [5.74, 6) is 0.661. The minimum Gasteiger partial charge on any atom is -0.385 e. The summed E-state index contributed by atoms with van der Waals surface area (Å²) < 4.78 is 5.34. The molecule has 0 radical (unpaired) electrons. The van der Waals surface area contributed by atoms with Crippen molar-refractivity contribution in [2.75, 3.05) is 32.1 Å². The second kappa shape index (κ2) is 6.40. The highest BCUT2D eigenvalue weighted by Gasteiger charge is 2.14. The standard InChI is InChI=1S/C14H20N2O2/c1-15-14(17)8-11-2-4-13(5-3-11)16-9-12-6-7-18-10-12/h2-5,12,16H,6-10H2,1H3,(H,15,17). The van der Waals surface area contributed by atoms with Gasteiger partial charge in [0.25, 0.3) is 0 Å². The number of amides is 1. The number of rotatable bonds is 5.